The topological polar surface area (TPSA) is 13.1 Å². The van der Waals surface area contributed by atoms with E-state index >= 15 is 0 Å². The van der Waals surface area contributed by atoms with Crippen LogP contribution in [-0.2, 0) is 0 Å². The largest absolute Gasteiger partial charge is 0.455 e. The zero-order chi connectivity index (χ0) is 34.8. The maximum atomic E-state index is 6.70. The van der Waals surface area contributed by atoms with Gasteiger partial charge in [-0.05, 0) is 78.3 Å². The van der Waals surface area contributed by atoms with Crippen LogP contribution in [0.25, 0.3) is 87.6 Å². The molecular formula is C50H36OSi. The smallest absolute Gasteiger partial charge is 0.143 e. The molecular weight excluding hydrogens is 645 g/mol. The molecule has 10 aromatic rings. The van der Waals surface area contributed by atoms with E-state index in [-0.39, 0.29) is 0 Å². The van der Waals surface area contributed by atoms with E-state index < -0.39 is 8.07 Å². The number of hydrogen-bond acceptors (Lipinski definition) is 1. The molecule has 1 heterocycles. The van der Waals surface area contributed by atoms with Crippen LogP contribution < -0.4 is 10.4 Å². The first kappa shape index (κ1) is 30.6. The molecule has 52 heavy (non-hydrogen) atoms. The minimum absolute atomic E-state index is 0.908. The molecule has 0 spiro atoms. The van der Waals surface area contributed by atoms with E-state index in [1.54, 1.807) is 0 Å². The van der Waals surface area contributed by atoms with Crippen molar-refractivity contribution in [1.82, 2.24) is 0 Å². The van der Waals surface area contributed by atoms with Crippen LogP contribution in [0.1, 0.15) is 0 Å². The predicted molar refractivity (Wildman–Crippen MR) is 226 cm³/mol. The van der Waals surface area contributed by atoms with Crippen molar-refractivity contribution in [3.8, 4) is 33.4 Å². The lowest BCUT2D eigenvalue weighted by Gasteiger charge is -2.24. The number of fused-ring (bicyclic) bond motifs is 6. The Morgan fingerprint density at radius 1 is 0.365 bits per heavy atom. The van der Waals surface area contributed by atoms with E-state index in [0.717, 1.165) is 33.1 Å². The SMILES string of the molecule is C[Si](C)(c1ccccc1)c1ccc(-c2cc(-c3c4ccccc4c(-c4cccc5ccccc45)c4ccccc34)cc3c2oc2ccccc23)cc1. The fourth-order valence-electron chi connectivity index (χ4n) is 8.45. The first-order valence-corrected chi connectivity index (χ1v) is 21.1. The highest BCUT2D eigenvalue weighted by molar-refractivity contribution is 7.00. The number of para-hydroxylation sites is 1. The molecule has 0 fully saturated rings. The van der Waals surface area contributed by atoms with Gasteiger partial charge in [-0.2, -0.15) is 0 Å². The molecule has 0 bridgehead atoms. The van der Waals surface area contributed by atoms with E-state index in [4.69, 9.17) is 4.42 Å². The summed E-state index contributed by atoms with van der Waals surface area (Å²) in [6.07, 6.45) is 0. The second-order valence-corrected chi connectivity index (χ2v) is 18.8. The summed E-state index contributed by atoms with van der Waals surface area (Å²) in [6.45, 7) is 4.88. The highest BCUT2D eigenvalue weighted by Gasteiger charge is 2.26. The zero-order valence-corrected chi connectivity index (χ0v) is 30.2. The van der Waals surface area contributed by atoms with Gasteiger partial charge in [0.05, 0.1) is 0 Å². The van der Waals surface area contributed by atoms with Crippen molar-refractivity contribution in [2.24, 2.45) is 0 Å². The van der Waals surface area contributed by atoms with Crippen LogP contribution in [0, 0.1) is 0 Å². The second-order valence-electron chi connectivity index (χ2n) is 14.4. The summed E-state index contributed by atoms with van der Waals surface area (Å²) < 4.78 is 6.70. The van der Waals surface area contributed by atoms with Crippen LogP contribution in [0.15, 0.2) is 186 Å². The fraction of sp³-hybridized carbons (Fsp3) is 0.0400. The lowest BCUT2D eigenvalue weighted by atomic mass is 9.84. The monoisotopic (exact) mass is 680 g/mol. The van der Waals surface area contributed by atoms with Crippen LogP contribution in [0.4, 0.5) is 0 Å². The number of benzene rings is 9. The van der Waals surface area contributed by atoms with E-state index in [9.17, 15) is 0 Å². The van der Waals surface area contributed by atoms with Gasteiger partial charge in [0.15, 0.2) is 0 Å². The number of rotatable bonds is 5. The third-order valence-electron chi connectivity index (χ3n) is 11.2. The van der Waals surface area contributed by atoms with Crippen molar-refractivity contribution in [3.63, 3.8) is 0 Å². The Labute approximate surface area is 304 Å². The van der Waals surface area contributed by atoms with Crippen LogP contribution in [0.3, 0.4) is 0 Å². The van der Waals surface area contributed by atoms with Crippen LogP contribution >= 0.6 is 0 Å². The van der Waals surface area contributed by atoms with Crippen LogP contribution in [0.2, 0.25) is 13.1 Å². The average molecular weight is 681 g/mol. The third kappa shape index (κ3) is 4.76. The lowest BCUT2D eigenvalue weighted by molar-refractivity contribution is 0.670. The van der Waals surface area contributed by atoms with Gasteiger partial charge in [0.25, 0.3) is 0 Å². The Hall–Kier alpha value is -6.22. The molecule has 0 N–H and O–H groups in total. The maximum Gasteiger partial charge on any atom is 0.143 e. The quantitative estimate of drug-likeness (QED) is 0.130. The number of hydrogen-bond donors (Lipinski definition) is 0. The van der Waals surface area contributed by atoms with Crippen molar-refractivity contribution >= 4 is 72.7 Å². The van der Waals surface area contributed by atoms with Gasteiger partial charge in [0.2, 0.25) is 0 Å². The van der Waals surface area contributed by atoms with E-state index in [2.05, 4.69) is 195 Å². The molecule has 0 aliphatic rings. The first-order valence-electron chi connectivity index (χ1n) is 18.1. The average Bonchev–Trinajstić information content (AvgIpc) is 3.58. The van der Waals surface area contributed by atoms with E-state index in [0.29, 0.717) is 0 Å². The minimum atomic E-state index is -1.86. The molecule has 0 aliphatic carbocycles. The lowest BCUT2D eigenvalue weighted by Crippen LogP contribution is -2.52. The van der Waals surface area contributed by atoms with Gasteiger partial charge in [0.1, 0.15) is 19.2 Å². The van der Waals surface area contributed by atoms with E-state index in [1.165, 1.54) is 64.9 Å². The van der Waals surface area contributed by atoms with Crippen LogP contribution in [-0.4, -0.2) is 8.07 Å². The maximum absolute atomic E-state index is 6.70. The molecule has 2 heteroatoms. The zero-order valence-electron chi connectivity index (χ0n) is 29.2. The molecule has 0 aliphatic heterocycles. The van der Waals surface area contributed by atoms with Gasteiger partial charge in [-0.15, -0.1) is 0 Å². The van der Waals surface area contributed by atoms with Crippen molar-refractivity contribution in [1.29, 1.82) is 0 Å². The summed E-state index contributed by atoms with van der Waals surface area (Å²) >= 11 is 0. The molecule has 0 atom stereocenters. The minimum Gasteiger partial charge on any atom is -0.455 e. The number of furan rings is 1. The molecule has 0 saturated carbocycles. The van der Waals surface area contributed by atoms with Gasteiger partial charge < -0.3 is 4.42 Å². The second kappa shape index (κ2) is 11.9. The van der Waals surface area contributed by atoms with Gasteiger partial charge in [-0.25, -0.2) is 0 Å². The summed E-state index contributed by atoms with van der Waals surface area (Å²) in [6, 6.07) is 66.8. The first-order chi connectivity index (χ1) is 25.6. The molecule has 0 unspecified atom stereocenters. The summed E-state index contributed by atoms with van der Waals surface area (Å²) in [5.41, 5.74) is 9.09. The molecule has 10 rings (SSSR count). The summed E-state index contributed by atoms with van der Waals surface area (Å²) in [7, 11) is -1.86. The predicted octanol–water partition coefficient (Wildman–Crippen LogP) is 12.9. The van der Waals surface area contributed by atoms with Crippen molar-refractivity contribution < 1.29 is 4.42 Å². The highest BCUT2D eigenvalue weighted by atomic mass is 28.3. The Morgan fingerprint density at radius 3 is 1.60 bits per heavy atom. The standard InChI is InChI=1S/C50H36OSi/c1-52(2,36-17-4-3-5-18-36)37-29-27-34(28-30-37)45-31-35(32-46-39-20-12-13-26-47(39)51-50(45)46)48-41-21-8-10-23-43(41)49(44-24-11-9-22-42(44)48)40-25-14-16-33-15-6-7-19-38(33)40/h3-32H,1-2H3. The Morgan fingerprint density at radius 2 is 0.904 bits per heavy atom. The molecule has 0 radical (unpaired) electrons. The van der Waals surface area contributed by atoms with Crippen molar-refractivity contribution in [2.45, 2.75) is 13.1 Å². The normalized spacial score (nSPS) is 12.0. The Bertz CT molecular complexity index is 2910. The Kier molecular flexibility index (Phi) is 7.02. The third-order valence-corrected chi connectivity index (χ3v) is 14.7. The molecule has 1 nitrogen and oxygen atoms in total. The fourth-order valence-corrected chi connectivity index (χ4v) is 10.8. The van der Waals surface area contributed by atoms with Crippen molar-refractivity contribution in [3.05, 3.63) is 182 Å². The summed E-state index contributed by atoms with van der Waals surface area (Å²) in [5.74, 6) is 0. The van der Waals surface area contributed by atoms with Crippen LogP contribution in [0.5, 0.6) is 0 Å². The molecule has 246 valence electrons. The van der Waals surface area contributed by atoms with E-state index in [1.807, 2.05) is 0 Å². The molecule has 0 saturated heterocycles. The van der Waals surface area contributed by atoms with Crippen molar-refractivity contribution in [2.75, 3.05) is 0 Å². The molecule has 1 aromatic heterocycles. The van der Waals surface area contributed by atoms with Gasteiger partial charge >= 0.3 is 0 Å². The van der Waals surface area contributed by atoms with Gasteiger partial charge in [0, 0.05) is 16.3 Å². The molecule has 0 amide bonds. The molecule has 9 aromatic carbocycles. The summed E-state index contributed by atoms with van der Waals surface area (Å²) in [4.78, 5) is 0. The highest BCUT2D eigenvalue weighted by Crippen LogP contribution is 2.47. The summed E-state index contributed by atoms with van der Waals surface area (Å²) in [5, 5.41) is 12.6. The van der Waals surface area contributed by atoms with Gasteiger partial charge in [-0.1, -0.05) is 187 Å². The Balaban J connectivity index is 1.25. The van der Waals surface area contributed by atoms with Gasteiger partial charge in [-0.3, -0.25) is 0 Å².